The van der Waals surface area contributed by atoms with Crippen LogP contribution in [0.3, 0.4) is 0 Å². The summed E-state index contributed by atoms with van der Waals surface area (Å²) in [6.45, 7) is 4.03. The summed E-state index contributed by atoms with van der Waals surface area (Å²) in [5.41, 5.74) is 0. The van der Waals surface area contributed by atoms with Crippen LogP contribution in [0.15, 0.2) is 85.1 Å². The molecule has 0 aromatic heterocycles. The lowest BCUT2D eigenvalue weighted by molar-refractivity contribution is -0.123. The van der Waals surface area contributed by atoms with E-state index in [0.29, 0.717) is 12.8 Å². The Morgan fingerprint density at radius 2 is 1.11 bits per heavy atom. The molecular formula is C34H55NO3. The van der Waals surface area contributed by atoms with E-state index in [1.807, 2.05) is 0 Å². The summed E-state index contributed by atoms with van der Waals surface area (Å²) >= 11 is 0. The summed E-state index contributed by atoms with van der Waals surface area (Å²) in [5, 5.41) is 22.4. The Hall–Kier alpha value is -2.43. The van der Waals surface area contributed by atoms with Crippen LogP contribution in [0.4, 0.5) is 0 Å². The zero-order valence-corrected chi connectivity index (χ0v) is 24.1. The van der Waals surface area contributed by atoms with Gasteiger partial charge in [-0.05, 0) is 64.2 Å². The normalized spacial score (nSPS) is 14.5. The summed E-state index contributed by atoms with van der Waals surface area (Å²) in [7, 11) is 0. The molecule has 0 saturated carbocycles. The van der Waals surface area contributed by atoms with Crippen LogP contribution in [0.1, 0.15) is 104 Å². The Morgan fingerprint density at radius 1 is 0.658 bits per heavy atom. The molecular weight excluding hydrogens is 470 g/mol. The van der Waals surface area contributed by atoms with Gasteiger partial charge in [0.2, 0.25) is 5.91 Å². The predicted octanol–water partition coefficient (Wildman–Crippen LogP) is 8.22. The fraction of sp³-hybridized carbons (Fsp3) is 0.559. The van der Waals surface area contributed by atoms with Crippen LogP contribution in [0, 0.1) is 0 Å². The molecule has 2 atom stereocenters. The highest BCUT2D eigenvalue weighted by Crippen LogP contribution is 2.08. The first-order valence-electron chi connectivity index (χ1n) is 14.8. The van der Waals surface area contributed by atoms with Crippen LogP contribution in [0.5, 0.6) is 0 Å². The largest absolute Gasteiger partial charge is 0.394 e. The van der Waals surface area contributed by atoms with Crippen molar-refractivity contribution >= 4 is 5.91 Å². The molecule has 0 rings (SSSR count). The van der Waals surface area contributed by atoms with E-state index in [4.69, 9.17) is 0 Å². The lowest BCUT2D eigenvalue weighted by Crippen LogP contribution is -2.45. The molecule has 0 spiro atoms. The number of allylic oxidation sites excluding steroid dienone is 14. The predicted molar refractivity (Wildman–Crippen MR) is 165 cm³/mol. The first-order chi connectivity index (χ1) is 18.7. The van der Waals surface area contributed by atoms with Gasteiger partial charge in [-0.1, -0.05) is 118 Å². The zero-order valence-electron chi connectivity index (χ0n) is 24.1. The van der Waals surface area contributed by atoms with E-state index in [2.05, 4.69) is 104 Å². The molecule has 2 unspecified atom stereocenters. The molecule has 1 amide bonds. The molecule has 0 aromatic carbocycles. The van der Waals surface area contributed by atoms with Crippen molar-refractivity contribution in [3.05, 3.63) is 85.1 Å². The lowest BCUT2D eigenvalue weighted by Gasteiger charge is -2.22. The number of hydrogen-bond acceptors (Lipinski definition) is 3. The molecule has 0 aliphatic rings. The van der Waals surface area contributed by atoms with Crippen LogP contribution in [0.2, 0.25) is 0 Å². The van der Waals surface area contributed by atoms with E-state index in [1.54, 1.807) is 0 Å². The third-order valence-electron chi connectivity index (χ3n) is 5.92. The molecule has 3 N–H and O–H groups in total. The number of amides is 1. The second kappa shape index (κ2) is 29.1. The van der Waals surface area contributed by atoms with Crippen molar-refractivity contribution < 1.29 is 15.0 Å². The van der Waals surface area contributed by atoms with Crippen molar-refractivity contribution in [3.8, 4) is 0 Å². The van der Waals surface area contributed by atoms with Gasteiger partial charge < -0.3 is 15.5 Å². The number of rotatable bonds is 24. The highest BCUT2D eigenvalue weighted by atomic mass is 16.3. The summed E-state index contributed by atoms with van der Waals surface area (Å²) in [5.74, 6) is -0.107. The average Bonchev–Trinajstić information content (AvgIpc) is 2.92. The number of nitrogens with one attached hydrogen (secondary N) is 1. The van der Waals surface area contributed by atoms with Crippen molar-refractivity contribution in [3.63, 3.8) is 0 Å². The van der Waals surface area contributed by atoms with E-state index in [-0.39, 0.29) is 12.5 Å². The van der Waals surface area contributed by atoms with Crippen molar-refractivity contribution in [1.82, 2.24) is 5.32 Å². The lowest BCUT2D eigenvalue weighted by atomic mass is 10.0. The first kappa shape index (κ1) is 35.6. The second-order valence-corrected chi connectivity index (χ2v) is 9.43. The van der Waals surface area contributed by atoms with Gasteiger partial charge in [-0.3, -0.25) is 4.79 Å². The quantitative estimate of drug-likeness (QED) is 0.0878. The highest BCUT2D eigenvalue weighted by Gasteiger charge is 2.19. The summed E-state index contributed by atoms with van der Waals surface area (Å²) in [4.78, 5) is 12.1. The summed E-state index contributed by atoms with van der Waals surface area (Å²) in [6.07, 6.45) is 42.5. The van der Waals surface area contributed by atoms with Gasteiger partial charge in [0.1, 0.15) is 0 Å². The van der Waals surface area contributed by atoms with Crippen molar-refractivity contribution in [2.75, 3.05) is 6.61 Å². The molecule has 0 fully saturated rings. The Labute approximate surface area is 233 Å². The molecule has 0 bridgehead atoms. The second-order valence-electron chi connectivity index (χ2n) is 9.43. The van der Waals surface area contributed by atoms with E-state index < -0.39 is 12.1 Å². The number of carbonyl (C=O) groups is 1. The number of unbranched alkanes of at least 4 members (excludes halogenated alkanes) is 3. The van der Waals surface area contributed by atoms with Crippen LogP contribution >= 0.6 is 0 Å². The SMILES string of the molecule is CC/C=C\C/C=C\C/C=C\C/C=C\C/C=C\C/C=C\C/C=C\CCCC(=O)NC(CO)C(O)CCCCC. The molecule has 0 aromatic rings. The van der Waals surface area contributed by atoms with E-state index in [0.717, 1.165) is 77.0 Å². The zero-order chi connectivity index (χ0) is 27.9. The van der Waals surface area contributed by atoms with E-state index in [1.165, 1.54) is 0 Å². The molecule has 0 aliphatic carbocycles. The molecule has 214 valence electrons. The van der Waals surface area contributed by atoms with Crippen molar-refractivity contribution in [2.24, 2.45) is 0 Å². The maximum absolute atomic E-state index is 12.1. The Bertz CT molecular complexity index is 743. The molecule has 0 heterocycles. The fourth-order valence-corrected chi connectivity index (χ4v) is 3.64. The molecule has 4 nitrogen and oxygen atoms in total. The van der Waals surface area contributed by atoms with Crippen LogP contribution in [-0.2, 0) is 4.79 Å². The topological polar surface area (TPSA) is 69.6 Å². The number of aliphatic hydroxyl groups is 2. The fourth-order valence-electron chi connectivity index (χ4n) is 3.64. The van der Waals surface area contributed by atoms with Gasteiger partial charge in [-0.2, -0.15) is 0 Å². The minimum absolute atomic E-state index is 0.107. The number of hydrogen-bond donors (Lipinski definition) is 3. The molecule has 4 heteroatoms. The maximum atomic E-state index is 12.1. The molecule has 0 aliphatic heterocycles. The number of aliphatic hydroxyl groups excluding tert-OH is 2. The maximum Gasteiger partial charge on any atom is 0.220 e. The Morgan fingerprint density at radius 3 is 1.53 bits per heavy atom. The van der Waals surface area contributed by atoms with Gasteiger partial charge in [0.05, 0.1) is 18.8 Å². The van der Waals surface area contributed by atoms with Crippen molar-refractivity contribution in [2.45, 2.75) is 116 Å². The van der Waals surface area contributed by atoms with Gasteiger partial charge in [-0.25, -0.2) is 0 Å². The third kappa shape index (κ3) is 25.2. The average molecular weight is 526 g/mol. The van der Waals surface area contributed by atoms with Gasteiger partial charge in [0.25, 0.3) is 0 Å². The van der Waals surface area contributed by atoms with Crippen LogP contribution < -0.4 is 5.32 Å². The van der Waals surface area contributed by atoms with Crippen molar-refractivity contribution in [1.29, 1.82) is 0 Å². The smallest absolute Gasteiger partial charge is 0.220 e. The first-order valence-corrected chi connectivity index (χ1v) is 14.8. The Balaban J connectivity index is 3.75. The number of carbonyl (C=O) groups excluding carboxylic acids is 1. The highest BCUT2D eigenvalue weighted by molar-refractivity contribution is 5.76. The van der Waals surface area contributed by atoms with Gasteiger partial charge >= 0.3 is 0 Å². The molecule has 0 saturated heterocycles. The van der Waals surface area contributed by atoms with Gasteiger partial charge in [-0.15, -0.1) is 0 Å². The van der Waals surface area contributed by atoms with E-state index in [9.17, 15) is 15.0 Å². The van der Waals surface area contributed by atoms with Gasteiger partial charge in [0, 0.05) is 6.42 Å². The van der Waals surface area contributed by atoms with Crippen LogP contribution in [0.25, 0.3) is 0 Å². The standard InChI is InChI=1S/C34H55NO3/c1-3-5-7-8-9-10-11-12-13-14-15-16-17-18-19-20-21-22-23-24-25-26-28-30-34(38)35-32(31-36)33(37)29-27-6-4-2/h5,7,9-10,12-13,15-16,18-19,21-22,24-25,32-33,36-37H,3-4,6,8,11,14,17,20,23,26-31H2,1-2H3,(H,35,38)/b7-5-,10-9-,13-12-,16-15-,19-18-,22-21-,25-24-. The Kier molecular flexibility index (Phi) is 27.3. The molecule has 38 heavy (non-hydrogen) atoms. The van der Waals surface area contributed by atoms with Crippen LogP contribution in [-0.4, -0.2) is 34.9 Å². The minimum atomic E-state index is -0.684. The third-order valence-corrected chi connectivity index (χ3v) is 5.92. The van der Waals surface area contributed by atoms with Gasteiger partial charge in [0.15, 0.2) is 0 Å². The molecule has 0 radical (unpaired) electrons. The minimum Gasteiger partial charge on any atom is -0.394 e. The summed E-state index contributed by atoms with van der Waals surface area (Å²) < 4.78 is 0. The summed E-state index contributed by atoms with van der Waals surface area (Å²) in [6, 6.07) is -0.567. The van der Waals surface area contributed by atoms with E-state index >= 15 is 0 Å². The monoisotopic (exact) mass is 525 g/mol.